The Morgan fingerprint density at radius 3 is 2.64 bits per heavy atom. The van der Waals surface area contributed by atoms with Crippen LogP contribution in [0.5, 0.6) is 0 Å². The molecule has 0 aromatic heterocycles. The van der Waals surface area contributed by atoms with E-state index >= 15 is 0 Å². The summed E-state index contributed by atoms with van der Waals surface area (Å²) >= 11 is 0. The van der Waals surface area contributed by atoms with Crippen LogP contribution < -0.4 is 0 Å². The van der Waals surface area contributed by atoms with Crippen LogP contribution in [0.1, 0.15) is 52.4 Å². The Morgan fingerprint density at radius 2 is 2.00 bits per heavy atom. The highest BCUT2D eigenvalue weighted by Crippen LogP contribution is 2.27. The first kappa shape index (κ1) is 11.8. The summed E-state index contributed by atoms with van der Waals surface area (Å²) in [6, 6.07) is 0. The molecule has 1 N–H and O–H groups in total. The number of aliphatic hydroxyl groups is 1. The van der Waals surface area contributed by atoms with Gasteiger partial charge in [0, 0.05) is 0 Å². The molecule has 0 amide bonds. The van der Waals surface area contributed by atoms with Crippen LogP contribution in [0.25, 0.3) is 0 Å². The standard InChI is InChI=1S/C13H24O/c1-3-4-5-6-7-12-8-9-13(14)11(2)10-12/h8-9,11-14H,3-7,10H2,1-2H3. The Morgan fingerprint density at radius 1 is 1.21 bits per heavy atom. The van der Waals surface area contributed by atoms with Gasteiger partial charge in [-0.05, 0) is 24.7 Å². The van der Waals surface area contributed by atoms with Crippen molar-refractivity contribution in [1.82, 2.24) is 0 Å². The van der Waals surface area contributed by atoms with Gasteiger partial charge in [-0.15, -0.1) is 0 Å². The van der Waals surface area contributed by atoms with Gasteiger partial charge in [0.2, 0.25) is 0 Å². The molecule has 1 aliphatic rings. The van der Waals surface area contributed by atoms with Crippen LogP contribution in [-0.4, -0.2) is 11.2 Å². The lowest BCUT2D eigenvalue weighted by Gasteiger charge is -2.25. The number of unbranched alkanes of at least 4 members (excludes halogenated alkanes) is 3. The Labute approximate surface area is 88.2 Å². The van der Waals surface area contributed by atoms with E-state index in [1.807, 2.05) is 6.08 Å². The molecule has 1 rings (SSSR count). The Hall–Kier alpha value is -0.300. The highest BCUT2D eigenvalue weighted by molar-refractivity contribution is 5.00. The molecule has 1 heteroatoms. The van der Waals surface area contributed by atoms with Crippen LogP contribution in [0.2, 0.25) is 0 Å². The van der Waals surface area contributed by atoms with E-state index in [1.54, 1.807) is 0 Å². The zero-order chi connectivity index (χ0) is 10.4. The molecule has 1 nitrogen and oxygen atoms in total. The fraction of sp³-hybridized carbons (Fsp3) is 0.846. The molecule has 0 aromatic carbocycles. The first-order valence-electron chi connectivity index (χ1n) is 6.10. The maximum Gasteiger partial charge on any atom is 0.0746 e. The second kappa shape index (κ2) is 6.23. The van der Waals surface area contributed by atoms with Crippen molar-refractivity contribution in [2.24, 2.45) is 11.8 Å². The zero-order valence-corrected chi connectivity index (χ0v) is 9.58. The largest absolute Gasteiger partial charge is 0.389 e. The van der Waals surface area contributed by atoms with E-state index in [0.717, 1.165) is 5.92 Å². The number of aliphatic hydroxyl groups excluding tert-OH is 1. The third kappa shape index (κ3) is 3.83. The third-order valence-corrected chi connectivity index (χ3v) is 3.27. The van der Waals surface area contributed by atoms with Gasteiger partial charge >= 0.3 is 0 Å². The Balaban J connectivity index is 2.16. The minimum absolute atomic E-state index is 0.193. The molecule has 0 fully saturated rings. The molecular weight excluding hydrogens is 172 g/mol. The highest BCUT2D eigenvalue weighted by Gasteiger charge is 2.20. The molecule has 0 aliphatic heterocycles. The van der Waals surface area contributed by atoms with Crippen LogP contribution in [0.4, 0.5) is 0 Å². The van der Waals surface area contributed by atoms with Crippen molar-refractivity contribution in [3.63, 3.8) is 0 Å². The average molecular weight is 196 g/mol. The Bertz CT molecular complexity index is 174. The monoisotopic (exact) mass is 196 g/mol. The lowest BCUT2D eigenvalue weighted by Crippen LogP contribution is -2.22. The quantitative estimate of drug-likeness (QED) is 0.527. The molecule has 0 spiro atoms. The molecule has 0 radical (unpaired) electrons. The first-order chi connectivity index (χ1) is 6.74. The van der Waals surface area contributed by atoms with Crippen molar-refractivity contribution in [3.05, 3.63) is 12.2 Å². The third-order valence-electron chi connectivity index (χ3n) is 3.27. The van der Waals surface area contributed by atoms with Crippen LogP contribution in [-0.2, 0) is 0 Å². The lowest BCUT2D eigenvalue weighted by molar-refractivity contribution is 0.137. The molecule has 0 saturated heterocycles. The van der Waals surface area contributed by atoms with E-state index in [4.69, 9.17) is 0 Å². The normalized spacial score (nSPS) is 32.1. The van der Waals surface area contributed by atoms with E-state index < -0.39 is 0 Å². The maximum absolute atomic E-state index is 9.52. The summed E-state index contributed by atoms with van der Waals surface area (Å²) in [5, 5.41) is 9.52. The van der Waals surface area contributed by atoms with Crippen molar-refractivity contribution in [2.75, 3.05) is 0 Å². The van der Waals surface area contributed by atoms with Gasteiger partial charge in [0.25, 0.3) is 0 Å². The summed E-state index contributed by atoms with van der Waals surface area (Å²) in [6.45, 7) is 4.39. The van der Waals surface area contributed by atoms with Crippen LogP contribution in [0, 0.1) is 11.8 Å². The minimum Gasteiger partial charge on any atom is -0.389 e. The molecule has 0 bridgehead atoms. The number of hydrogen-bond acceptors (Lipinski definition) is 1. The maximum atomic E-state index is 9.52. The molecule has 82 valence electrons. The smallest absolute Gasteiger partial charge is 0.0746 e. The van der Waals surface area contributed by atoms with Crippen molar-refractivity contribution in [1.29, 1.82) is 0 Å². The second-order valence-electron chi connectivity index (χ2n) is 4.70. The predicted molar refractivity (Wildman–Crippen MR) is 61.2 cm³/mol. The van der Waals surface area contributed by atoms with Gasteiger partial charge in [-0.25, -0.2) is 0 Å². The SMILES string of the molecule is CCCCCCC1C=CC(O)C(C)C1. The van der Waals surface area contributed by atoms with E-state index in [1.165, 1.54) is 38.5 Å². The van der Waals surface area contributed by atoms with Crippen molar-refractivity contribution in [3.8, 4) is 0 Å². The van der Waals surface area contributed by atoms with Crippen molar-refractivity contribution >= 4 is 0 Å². The fourth-order valence-corrected chi connectivity index (χ4v) is 2.20. The van der Waals surface area contributed by atoms with E-state index in [2.05, 4.69) is 19.9 Å². The van der Waals surface area contributed by atoms with Gasteiger partial charge in [0.1, 0.15) is 0 Å². The van der Waals surface area contributed by atoms with Crippen molar-refractivity contribution in [2.45, 2.75) is 58.5 Å². The average Bonchev–Trinajstić information content (AvgIpc) is 2.18. The molecule has 1 aliphatic carbocycles. The summed E-state index contributed by atoms with van der Waals surface area (Å²) in [4.78, 5) is 0. The van der Waals surface area contributed by atoms with E-state index in [-0.39, 0.29) is 6.10 Å². The lowest BCUT2D eigenvalue weighted by atomic mass is 9.83. The molecule has 0 heterocycles. The number of hydrogen-bond donors (Lipinski definition) is 1. The molecular formula is C13H24O. The highest BCUT2D eigenvalue weighted by atomic mass is 16.3. The molecule has 0 aromatic rings. The summed E-state index contributed by atoms with van der Waals surface area (Å²) in [5.41, 5.74) is 0. The molecule has 3 atom stereocenters. The van der Waals surface area contributed by atoms with Gasteiger partial charge < -0.3 is 5.11 Å². The number of rotatable bonds is 5. The van der Waals surface area contributed by atoms with E-state index in [9.17, 15) is 5.11 Å². The summed E-state index contributed by atoms with van der Waals surface area (Å²) in [7, 11) is 0. The molecule has 14 heavy (non-hydrogen) atoms. The Kier molecular flexibility index (Phi) is 5.24. The van der Waals surface area contributed by atoms with E-state index in [0.29, 0.717) is 5.92 Å². The van der Waals surface area contributed by atoms with Crippen LogP contribution in [0.3, 0.4) is 0 Å². The second-order valence-corrected chi connectivity index (χ2v) is 4.70. The van der Waals surface area contributed by atoms with Crippen LogP contribution in [0.15, 0.2) is 12.2 Å². The van der Waals surface area contributed by atoms with Gasteiger partial charge in [-0.2, -0.15) is 0 Å². The zero-order valence-electron chi connectivity index (χ0n) is 9.58. The van der Waals surface area contributed by atoms with Gasteiger partial charge in [-0.1, -0.05) is 51.7 Å². The number of allylic oxidation sites excluding steroid dienone is 1. The summed E-state index contributed by atoms with van der Waals surface area (Å²) in [5.74, 6) is 1.18. The van der Waals surface area contributed by atoms with Crippen LogP contribution >= 0.6 is 0 Å². The topological polar surface area (TPSA) is 20.2 Å². The first-order valence-corrected chi connectivity index (χ1v) is 6.10. The fourth-order valence-electron chi connectivity index (χ4n) is 2.20. The van der Waals surface area contributed by atoms with Gasteiger partial charge in [0.05, 0.1) is 6.10 Å². The van der Waals surface area contributed by atoms with Gasteiger partial charge in [-0.3, -0.25) is 0 Å². The van der Waals surface area contributed by atoms with Crippen molar-refractivity contribution < 1.29 is 5.11 Å². The minimum atomic E-state index is -0.193. The summed E-state index contributed by atoms with van der Waals surface area (Å²) in [6.07, 6.45) is 11.9. The predicted octanol–water partition coefficient (Wildman–Crippen LogP) is 3.53. The molecule has 0 saturated carbocycles. The molecule has 3 unspecified atom stereocenters. The summed E-state index contributed by atoms with van der Waals surface area (Å²) < 4.78 is 0. The van der Waals surface area contributed by atoms with Gasteiger partial charge in [0.15, 0.2) is 0 Å².